The summed E-state index contributed by atoms with van der Waals surface area (Å²) < 4.78 is 5.35. The van der Waals surface area contributed by atoms with E-state index >= 15 is 0 Å². The lowest BCUT2D eigenvalue weighted by molar-refractivity contribution is 0.411. The van der Waals surface area contributed by atoms with E-state index in [1.54, 1.807) is 18.4 Å². The van der Waals surface area contributed by atoms with Gasteiger partial charge in [-0.05, 0) is 24.6 Å². The van der Waals surface area contributed by atoms with E-state index in [9.17, 15) is 0 Å². The predicted molar refractivity (Wildman–Crippen MR) is 131 cm³/mol. The molecule has 2 rings (SSSR count). The number of aliphatic imine (C=N–C) groups is 1. The molecule has 0 saturated heterocycles. The molecule has 28 heavy (non-hydrogen) atoms. The average Bonchev–Trinajstić information content (AvgIpc) is 3.13. The predicted octanol–water partition coefficient (Wildman–Crippen LogP) is 3.87. The smallest absolute Gasteiger partial charge is 0.191 e. The number of benzene rings is 1. The Morgan fingerprint density at radius 3 is 2.64 bits per heavy atom. The number of guanidine groups is 1. The van der Waals surface area contributed by atoms with Gasteiger partial charge in [-0.2, -0.15) is 0 Å². The molecule has 0 aliphatic heterocycles. The highest BCUT2D eigenvalue weighted by molar-refractivity contribution is 14.0. The van der Waals surface area contributed by atoms with E-state index in [0.717, 1.165) is 35.6 Å². The number of ether oxygens (including phenoxy) is 1. The van der Waals surface area contributed by atoms with Gasteiger partial charge in [-0.15, -0.1) is 35.3 Å². The van der Waals surface area contributed by atoms with Crippen LogP contribution < -0.4 is 20.3 Å². The summed E-state index contributed by atoms with van der Waals surface area (Å²) in [4.78, 5) is 11.3. The summed E-state index contributed by atoms with van der Waals surface area (Å²) in [5, 5.41) is 9.82. The number of thiazole rings is 1. The molecule has 2 aromatic rings. The molecule has 1 aromatic heterocycles. The third-order valence-electron chi connectivity index (χ3n) is 4.21. The minimum absolute atomic E-state index is 0. The minimum atomic E-state index is -0.0660. The van der Waals surface area contributed by atoms with Gasteiger partial charge in [0.1, 0.15) is 5.75 Å². The van der Waals surface area contributed by atoms with E-state index in [-0.39, 0.29) is 29.4 Å². The van der Waals surface area contributed by atoms with Crippen molar-refractivity contribution in [2.24, 2.45) is 4.99 Å². The molecular weight excluding hydrogens is 485 g/mol. The van der Waals surface area contributed by atoms with Crippen molar-refractivity contribution < 1.29 is 4.74 Å². The van der Waals surface area contributed by atoms with E-state index in [1.165, 1.54) is 5.56 Å². The van der Waals surface area contributed by atoms with Crippen molar-refractivity contribution >= 4 is 46.4 Å². The van der Waals surface area contributed by atoms with Crippen LogP contribution in [-0.2, 0) is 12.0 Å². The van der Waals surface area contributed by atoms with Crippen LogP contribution in [0.1, 0.15) is 32.0 Å². The number of hydrogen-bond donors (Lipinski definition) is 2. The van der Waals surface area contributed by atoms with Gasteiger partial charge in [0.2, 0.25) is 0 Å². The third-order valence-corrected chi connectivity index (χ3v) is 5.27. The molecule has 0 amide bonds. The van der Waals surface area contributed by atoms with Crippen molar-refractivity contribution in [2.75, 3.05) is 39.2 Å². The SMILES string of the molecule is CCNC(=NCc1csc(N(C)C)n1)NCC(C)(C)c1cccc(OC)c1.I. The quantitative estimate of drug-likeness (QED) is 0.316. The maximum atomic E-state index is 5.35. The van der Waals surface area contributed by atoms with Crippen LogP contribution in [0.5, 0.6) is 5.75 Å². The second-order valence-corrected chi connectivity index (χ2v) is 8.02. The van der Waals surface area contributed by atoms with Gasteiger partial charge in [0.25, 0.3) is 0 Å². The van der Waals surface area contributed by atoms with E-state index in [0.29, 0.717) is 6.54 Å². The monoisotopic (exact) mass is 517 g/mol. The molecule has 6 nitrogen and oxygen atoms in total. The van der Waals surface area contributed by atoms with Crippen LogP contribution in [0, 0.1) is 0 Å². The molecule has 2 N–H and O–H groups in total. The zero-order chi connectivity index (χ0) is 19.9. The van der Waals surface area contributed by atoms with Crippen molar-refractivity contribution in [1.29, 1.82) is 0 Å². The number of rotatable bonds is 8. The van der Waals surface area contributed by atoms with Crippen molar-refractivity contribution in [3.8, 4) is 5.75 Å². The first-order chi connectivity index (χ1) is 12.9. The second-order valence-electron chi connectivity index (χ2n) is 7.18. The molecule has 0 atom stereocenters. The second kappa shape index (κ2) is 11.5. The average molecular weight is 517 g/mol. The van der Waals surface area contributed by atoms with Gasteiger partial charge < -0.3 is 20.3 Å². The highest BCUT2D eigenvalue weighted by Gasteiger charge is 2.21. The van der Waals surface area contributed by atoms with Crippen molar-refractivity contribution in [3.63, 3.8) is 0 Å². The van der Waals surface area contributed by atoms with E-state index in [4.69, 9.17) is 4.74 Å². The molecule has 0 saturated carbocycles. The Morgan fingerprint density at radius 1 is 1.29 bits per heavy atom. The molecule has 0 unspecified atom stereocenters. The number of halogens is 1. The maximum Gasteiger partial charge on any atom is 0.191 e. The fourth-order valence-electron chi connectivity index (χ4n) is 2.53. The molecule has 0 aliphatic rings. The van der Waals surface area contributed by atoms with Gasteiger partial charge in [-0.1, -0.05) is 26.0 Å². The molecule has 0 bridgehead atoms. The molecule has 0 fully saturated rings. The molecule has 0 spiro atoms. The molecule has 1 heterocycles. The fourth-order valence-corrected chi connectivity index (χ4v) is 3.28. The summed E-state index contributed by atoms with van der Waals surface area (Å²) in [6.07, 6.45) is 0. The van der Waals surface area contributed by atoms with Crippen LogP contribution in [-0.4, -0.2) is 45.2 Å². The van der Waals surface area contributed by atoms with Gasteiger partial charge in [0.05, 0.1) is 19.3 Å². The van der Waals surface area contributed by atoms with Crippen LogP contribution in [0.3, 0.4) is 0 Å². The molecule has 1 aromatic carbocycles. The number of hydrogen-bond acceptors (Lipinski definition) is 5. The first-order valence-corrected chi connectivity index (χ1v) is 10.0. The number of nitrogens with zero attached hydrogens (tertiary/aromatic N) is 3. The lowest BCUT2D eigenvalue weighted by Gasteiger charge is -2.27. The van der Waals surface area contributed by atoms with Gasteiger partial charge in [0, 0.05) is 38.0 Å². The fraction of sp³-hybridized carbons (Fsp3) is 0.500. The zero-order valence-corrected chi connectivity index (χ0v) is 20.7. The van der Waals surface area contributed by atoms with Crippen molar-refractivity contribution in [1.82, 2.24) is 15.6 Å². The molecule has 0 aliphatic carbocycles. The topological polar surface area (TPSA) is 61.8 Å². The Balaban J connectivity index is 0.00000392. The standard InChI is InChI=1S/C20H31N5OS.HI/c1-7-21-18(22-12-16-13-27-19(24-16)25(4)5)23-14-20(2,3)15-9-8-10-17(11-15)26-6;/h8-11,13H,7,12,14H2,1-6H3,(H2,21,22,23);1H. The molecular formula is C20H32IN5OS. The largest absolute Gasteiger partial charge is 0.497 e. The van der Waals surface area contributed by atoms with Gasteiger partial charge in [-0.3, -0.25) is 0 Å². The van der Waals surface area contributed by atoms with Crippen LogP contribution >= 0.6 is 35.3 Å². The summed E-state index contributed by atoms with van der Waals surface area (Å²) in [5.74, 6) is 1.68. The Labute approximate surface area is 189 Å². The number of methoxy groups -OCH3 is 1. The Bertz CT molecular complexity index is 761. The maximum absolute atomic E-state index is 5.35. The summed E-state index contributed by atoms with van der Waals surface area (Å²) in [7, 11) is 5.69. The van der Waals surface area contributed by atoms with Crippen molar-refractivity contribution in [2.45, 2.75) is 32.7 Å². The molecule has 8 heteroatoms. The number of anilines is 1. The van der Waals surface area contributed by atoms with Crippen LogP contribution in [0.4, 0.5) is 5.13 Å². The summed E-state index contributed by atoms with van der Waals surface area (Å²) >= 11 is 1.63. The van der Waals surface area contributed by atoms with Gasteiger partial charge in [0.15, 0.2) is 11.1 Å². The Morgan fingerprint density at radius 2 is 2.04 bits per heavy atom. The van der Waals surface area contributed by atoms with Gasteiger partial charge in [-0.25, -0.2) is 9.98 Å². The van der Waals surface area contributed by atoms with E-state index in [1.807, 2.05) is 31.1 Å². The number of nitrogens with one attached hydrogen (secondary N) is 2. The third kappa shape index (κ3) is 7.12. The zero-order valence-electron chi connectivity index (χ0n) is 17.6. The highest BCUT2D eigenvalue weighted by atomic mass is 127. The molecule has 0 radical (unpaired) electrons. The number of aromatic nitrogens is 1. The Kier molecular flexibility index (Phi) is 10.0. The lowest BCUT2D eigenvalue weighted by atomic mass is 9.84. The summed E-state index contributed by atoms with van der Waals surface area (Å²) in [6.45, 7) is 8.61. The van der Waals surface area contributed by atoms with E-state index < -0.39 is 0 Å². The highest BCUT2D eigenvalue weighted by Crippen LogP contribution is 2.25. The normalized spacial score (nSPS) is 11.6. The summed E-state index contributed by atoms with van der Waals surface area (Å²) in [6, 6.07) is 8.21. The lowest BCUT2D eigenvalue weighted by Crippen LogP contribution is -2.43. The first-order valence-electron chi connectivity index (χ1n) is 9.14. The molecule has 156 valence electrons. The minimum Gasteiger partial charge on any atom is -0.497 e. The summed E-state index contributed by atoms with van der Waals surface area (Å²) in [5.41, 5.74) is 2.14. The van der Waals surface area contributed by atoms with Crippen LogP contribution in [0.2, 0.25) is 0 Å². The van der Waals surface area contributed by atoms with Crippen molar-refractivity contribution in [3.05, 3.63) is 40.9 Å². The van der Waals surface area contributed by atoms with Crippen LogP contribution in [0.25, 0.3) is 0 Å². The van der Waals surface area contributed by atoms with Crippen LogP contribution in [0.15, 0.2) is 34.6 Å². The van der Waals surface area contributed by atoms with E-state index in [2.05, 4.69) is 58.9 Å². The Hall–Kier alpha value is -1.55. The first kappa shape index (κ1) is 24.5. The van der Waals surface area contributed by atoms with Gasteiger partial charge >= 0.3 is 0 Å².